The number of benzene rings is 4. The highest BCUT2D eigenvalue weighted by Gasteiger charge is 2.33. The zero-order valence-electron chi connectivity index (χ0n) is 33.6. The molecule has 1 unspecified atom stereocenters. The Kier molecular flexibility index (Phi) is 13.9. The molecule has 0 aliphatic rings. The number of nitrogens with zero attached hydrogens (tertiary/aromatic N) is 3. The fourth-order valence-electron chi connectivity index (χ4n) is 6.26. The van der Waals surface area contributed by atoms with E-state index in [0.29, 0.717) is 40.4 Å². The standard InChI is InChI=1S/C45H54ClN5O5/c1-8-11-12-16-25-55-33-21-23-36-38(28-33)51(50-49-36)41(42(53)30-17-14-13-15-18-30)43(54)48-37-27-32(20-22-35(37)46)47-40(52)29-56-39-24-19-31(44(4,5)9-2)26-34(39)45(6,7)10-3/h13-15,17-24,26-28,41H,8-12,16,25,29H2,1-7H3,(H,47,52)(H,48,54). The summed E-state index contributed by atoms with van der Waals surface area (Å²) in [6, 6.07) is 23.3. The van der Waals surface area contributed by atoms with Gasteiger partial charge in [-0.1, -0.05) is 127 Å². The average molecular weight is 780 g/mol. The van der Waals surface area contributed by atoms with E-state index in [9.17, 15) is 14.4 Å². The van der Waals surface area contributed by atoms with E-state index in [1.165, 1.54) is 10.2 Å². The molecule has 296 valence electrons. The molecule has 1 atom stereocenters. The largest absolute Gasteiger partial charge is 0.494 e. The van der Waals surface area contributed by atoms with E-state index in [2.05, 4.69) is 81.5 Å². The summed E-state index contributed by atoms with van der Waals surface area (Å²) in [6.07, 6.45) is 6.13. The minimum atomic E-state index is -1.44. The van der Waals surface area contributed by atoms with Crippen LogP contribution in [0.4, 0.5) is 11.4 Å². The number of nitrogens with one attached hydrogen (secondary N) is 2. The predicted octanol–water partition coefficient (Wildman–Crippen LogP) is 10.5. The van der Waals surface area contributed by atoms with Gasteiger partial charge in [0.15, 0.2) is 18.4 Å². The molecular formula is C45H54ClN5O5. The van der Waals surface area contributed by atoms with Crippen LogP contribution in [0.1, 0.15) is 115 Å². The number of ketones is 1. The van der Waals surface area contributed by atoms with Gasteiger partial charge in [0.05, 0.1) is 22.8 Å². The maximum absolute atomic E-state index is 14.2. The molecule has 56 heavy (non-hydrogen) atoms. The monoisotopic (exact) mass is 779 g/mol. The van der Waals surface area contributed by atoms with Gasteiger partial charge in [-0.3, -0.25) is 14.4 Å². The summed E-state index contributed by atoms with van der Waals surface area (Å²) in [4.78, 5) is 41.5. The third kappa shape index (κ3) is 10.1. The normalized spacial score (nSPS) is 12.3. The van der Waals surface area contributed by atoms with Crippen LogP contribution in [0.15, 0.2) is 84.9 Å². The van der Waals surface area contributed by atoms with Crippen LogP contribution in [0.2, 0.25) is 5.02 Å². The fraction of sp³-hybridized carbons (Fsp3) is 0.400. The van der Waals surface area contributed by atoms with E-state index in [4.69, 9.17) is 21.1 Å². The zero-order chi connectivity index (χ0) is 40.5. The van der Waals surface area contributed by atoms with E-state index >= 15 is 0 Å². The van der Waals surface area contributed by atoms with Crippen molar-refractivity contribution in [1.29, 1.82) is 0 Å². The van der Waals surface area contributed by atoms with Crippen LogP contribution < -0.4 is 20.1 Å². The van der Waals surface area contributed by atoms with Gasteiger partial charge in [-0.2, -0.15) is 0 Å². The first-order valence-electron chi connectivity index (χ1n) is 19.5. The Morgan fingerprint density at radius 3 is 2.27 bits per heavy atom. The first-order valence-corrected chi connectivity index (χ1v) is 19.9. The number of carbonyl (C=O) groups is 3. The molecule has 0 saturated heterocycles. The molecule has 1 aromatic heterocycles. The van der Waals surface area contributed by atoms with Crippen molar-refractivity contribution in [2.24, 2.45) is 0 Å². The van der Waals surface area contributed by atoms with E-state index in [1.54, 1.807) is 66.7 Å². The highest BCUT2D eigenvalue weighted by Crippen LogP contribution is 2.38. The number of anilines is 2. The molecule has 0 fully saturated rings. The summed E-state index contributed by atoms with van der Waals surface area (Å²) in [5, 5.41) is 14.4. The van der Waals surface area contributed by atoms with Crippen LogP contribution in [0, 0.1) is 0 Å². The zero-order valence-corrected chi connectivity index (χ0v) is 34.3. The SMILES string of the molecule is CCCCCCOc1ccc2nnn(C(C(=O)Nc3cc(NC(=O)COc4ccc(C(C)(C)CC)cc4C(C)(C)CC)ccc3Cl)C(=O)c3ccccc3)c2c1. The van der Waals surface area contributed by atoms with Crippen molar-refractivity contribution in [2.75, 3.05) is 23.8 Å². The molecule has 0 aliphatic heterocycles. The first-order chi connectivity index (χ1) is 26.8. The third-order valence-corrected chi connectivity index (χ3v) is 11.0. The topological polar surface area (TPSA) is 124 Å². The van der Waals surface area contributed by atoms with E-state index in [-0.39, 0.29) is 28.1 Å². The molecular weight excluding hydrogens is 726 g/mol. The van der Waals surface area contributed by atoms with Crippen molar-refractivity contribution >= 4 is 51.6 Å². The van der Waals surface area contributed by atoms with Crippen molar-refractivity contribution in [3.05, 3.63) is 107 Å². The highest BCUT2D eigenvalue weighted by molar-refractivity contribution is 6.34. The number of fused-ring (bicyclic) bond motifs is 1. The number of halogens is 1. The Morgan fingerprint density at radius 1 is 0.804 bits per heavy atom. The Bertz CT molecular complexity index is 2150. The van der Waals surface area contributed by atoms with Gasteiger partial charge >= 0.3 is 0 Å². The molecule has 2 amide bonds. The lowest BCUT2D eigenvalue weighted by Crippen LogP contribution is -2.33. The minimum absolute atomic E-state index is 0.000161. The maximum atomic E-state index is 14.2. The molecule has 5 aromatic rings. The number of hydrogen-bond donors (Lipinski definition) is 2. The van der Waals surface area contributed by atoms with Gasteiger partial charge in [0.1, 0.15) is 17.0 Å². The molecule has 11 heteroatoms. The quantitative estimate of drug-likeness (QED) is 0.0486. The van der Waals surface area contributed by atoms with Crippen molar-refractivity contribution in [3.8, 4) is 11.5 Å². The Hall–Kier alpha value is -5.22. The molecule has 0 aliphatic carbocycles. The Balaban J connectivity index is 1.36. The number of unbranched alkanes of at least 4 members (excludes halogenated alkanes) is 3. The van der Waals surface area contributed by atoms with Crippen LogP contribution in [0.25, 0.3) is 11.0 Å². The molecule has 2 N–H and O–H groups in total. The lowest BCUT2D eigenvalue weighted by molar-refractivity contribution is -0.118. The van der Waals surface area contributed by atoms with Gasteiger partial charge in [-0.15, -0.1) is 5.10 Å². The number of amides is 2. The fourth-order valence-corrected chi connectivity index (χ4v) is 6.42. The lowest BCUT2D eigenvalue weighted by atomic mass is 9.76. The molecule has 0 spiro atoms. The third-order valence-electron chi connectivity index (χ3n) is 10.6. The van der Waals surface area contributed by atoms with Crippen LogP contribution in [0.5, 0.6) is 11.5 Å². The lowest BCUT2D eigenvalue weighted by Gasteiger charge is -2.30. The molecule has 0 radical (unpaired) electrons. The number of Topliss-reactive ketones (excluding diaryl/α,β-unsaturated/α-hetero) is 1. The molecule has 1 heterocycles. The van der Waals surface area contributed by atoms with Crippen molar-refractivity contribution in [3.63, 3.8) is 0 Å². The summed E-state index contributed by atoms with van der Waals surface area (Å²) >= 11 is 6.58. The summed E-state index contributed by atoms with van der Waals surface area (Å²) in [6.45, 7) is 15.6. The van der Waals surface area contributed by atoms with Gasteiger partial charge in [0.25, 0.3) is 11.8 Å². The molecule has 0 saturated carbocycles. The van der Waals surface area contributed by atoms with Crippen LogP contribution in [-0.4, -0.2) is 45.8 Å². The van der Waals surface area contributed by atoms with Crippen molar-refractivity contribution in [1.82, 2.24) is 15.0 Å². The average Bonchev–Trinajstić information content (AvgIpc) is 3.61. The number of rotatable bonds is 19. The smallest absolute Gasteiger partial charge is 0.262 e. The second-order valence-electron chi connectivity index (χ2n) is 15.4. The Morgan fingerprint density at radius 2 is 1.55 bits per heavy atom. The van der Waals surface area contributed by atoms with E-state index in [1.807, 2.05) is 6.07 Å². The van der Waals surface area contributed by atoms with Gasteiger partial charge in [-0.25, -0.2) is 4.68 Å². The van der Waals surface area contributed by atoms with Crippen molar-refractivity contribution in [2.45, 2.75) is 104 Å². The summed E-state index contributed by atoms with van der Waals surface area (Å²) in [5.74, 6) is -0.326. The van der Waals surface area contributed by atoms with Gasteiger partial charge in [-0.05, 0) is 72.1 Å². The van der Waals surface area contributed by atoms with Crippen LogP contribution in [0.3, 0.4) is 0 Å². The van der Waals surface area contributed by atoms with E-state index in [0.717, 1.165) is 44.1 Å². The van der Waals surface area contributed by atoms with Gasteiger partial charge < -0.3 is 20.1 Å². The van der Waals surface area contributed by atoms with E-state index < -0.39 is 23.6 Å². The minimum Gasteiger partial charge on any atom is -0.494 e. The number of aromatic nitrogens is 3. The van der Waals surface area contributed by atoms with Crippen LogP contribution in [-0.2, 0) is 20.4 Å². The summed E-state index contributed by atoms with van der Waals surface area (Å²) < 4.78 is 13.4. The second-order valence-corrected chi connectivity index (χ2v) is 15.8. The summed E-state index contributed by atoms with van der Waals surface area (Å²) in [7, 11) is 0. The summed E-state index contributed by atoms with van der Waals surface area (Å²) in [5.41, 5.74) is 3.96. The molecule has 0 bridgehead atoms. The van der Waals surface area contributed by atoms with Gasteiger partial charge in [0.2, 0.25) is 0 Å². The number of hydrogen-bond acceptors (Lipinski definition) is 7. The predicted molar refractivity (Wildman–Crippen MR) is 224 cm³/mol. The maximum Gasteiger partial charge on any atom is 0.262 e. The van der Waals surface area contributed by atoms with Gasteiger partial charge in [0, 0.05) is 22.9 Å². The number of ether oxygens (including phenoxy) is 2. The van der Waals surface area contributed by atoms with Crippen LogP contribution >= 0.6 is 11.6 Å². The van der Waals surface area contributed by atoms with Crippen molar-refractivity contribution < 1.29 is 23.9 Å². The molecule has 5 rings (SSSR count). The first kappa shape index (κ1) is 41.9. The molecule has 4 aromatic carbocycles. The highest BCUT2D eigenvalue weighted by atomic mass is 35.5. The second kappa shape index (κ2) is 18.6. The molecule has 10 nitrogen and oxygen atoms in total. The Labute approximate surface area is 335 Å². The number of carbonyl (C=O) groups excluding carboxylic acids is 3.